The molecule has 2 heterocycles. The Morgan fingerprint density at radius 2 is 2.29 bits per heavy atom. The maximum atomic E-state index is 11.8. The average Bonchev–Trinajstić information content (AvgIpc) is 2.69. The summed E-state index contributed by atoms with van der Waals surface area (Å²) in [5, 5.41) is 3.89. The molecule has 1 aromatic heterocycles. The third-order valence-corrected chi connectivity index (χ3v) is 3.40. The van der Waals surface area contributed by atoms with Gasteiger partial charge in [0.1, 0.15) is 0 Å². The minimum atomic E-state index is -0.0562. The number of anilines is 2. The number of hydrogen-bond donors (Lipinski definition) is 1. The van der Waals surface area contributed by atoms with Gasteiger partial charge in [0, 0.05) is 32.2 Å². The predicted molar refractivity (Wildman–Crippen MR) is 64.4 cm³/mol. The first-order chi connectivity index (χ1) is 7.97. The largest absolute Gasteiger partial charge is 0.366 e. The molecule has 0 radical (unpaired) electrons. The topological polar surface area (TPSA) is 94.1 Å². The standard InChI is InChI=1S/C9H13N5O2S/c1-5(15)17-6-3-7(16)14(4-6)9-11-8(10)12-13(9)2/h6H,3-4H2,1-2H3,(H2,10,12). The SMILES string of the molecule is CC(=O)SC1CC(=O)N(c2nc(N)nn2C)C1. The van der Waals surface area contributed by atoms with E-state index in [-0.39, 0.29) is 22.2 Å². The lowest BCUT2D eigenvalue weighted by atomic mass is 10.4. The molecule has 2 rings (SSSR count). The summed E-state index contributed by atoms with van der Waals surface area (Å²) in [6, 6.07) is 0. The lowest BCUT2D eigenvalue weighted by Crippen LogP contribution is -2.28. The summed E-state index contributed by atoms with van der Waals surface area (Å²) < 4.78 is 1.47. The molecule has 1 aromatic rings. The van der Waals surface area contributed by atoms with Crippen molar-refractivity contribution in [3.05, 3.63) is 0 Å². The van der Waals surface area contributed by atoms with E-state index in [0.717, 1.165) is 0 Å². The van der Waals surface area contributed by atoms with Gasteiger partial charge in [-0.25, -0.2) is 4.68 Å². The molecule has 0 aromatic carbocycles. The maximum absolute atomic E-state index is 11.8. The molecule has 1 aliphatic rings. The Kier molecular flexibility index (Phi) is 3.05. The van der Waals surface area contributed by atoms with Crippen LogP contribution in [0.5, 0.6) is 0 Å². The highest BCUT2D eigenvalue weighted by molar-refractivity contribution is 8.14. The summed E-state index contributed by atoms with van der Waals surface area (Å²) in [6.07, 6.45) is 0.344. The number of nitrogen functional groups attached to an aromatic ring is 1. The van der Waals surface area contributed by atoms with Crippen LogP contribution in [0.2, 0.25) is 0 Å². The van der Waals surface area contributed by atoms with Crippen LogP contribution in [0.1, 0.15) is 13.3 Å². The van der Waals surface area contributed by atoms with Gasteiger partial charge in [0.2, 0.25) is 17.8 Å². The number of aryl methyl sites for hydroxylation is 1. The summed E-state index contributed by atoms with van der Waals surface area (Å²) >= 11 is 1.19. The fraction of sp³-hybridized carbons (Fsp3) is 0.556. The highest BCUT2D eigenvalue weighted by atomic mass is 32.2. The smallest absolute Gasteiger partial charge is 0.241 e. The van der Waals surface area contributed by atoms with Crippen LogP contribution in [0.4, 0.5) is 11.9 Å². The fourth-order valence-electron chi connectivity index (χ4n) is 1.81. The van der Waals surface area contributed by atoms with Crippen molar-refractivity contribution in [3.63, 3.8) is 0 Å². The molecule has 1 aliphatic heterocycles. The van der Waals surface area contributed by atoms with Gasteiger partial charge in [-0.3, -0.25) is 14.5 Å². The minimum Gasteiger partial charge on any atom is -0.366 e. The number of nitrogens with zero attached hydrogens (tertiary/aromatic N) is 4. The summed E-state index contributed by atoms with van der Waals surface area (Å²) in [7, 11) is 1.68. The van der Waals surface area contributed by atoms with E-state index in [9.17, 15) is 9.59 Å². The van der Waals surface area contributed by atoms with E-state index in [2.05, 4.69) is 10.1 Å². The summed E-state index contributed by atoms with van der Waals surface area (Å²) in [4.78, 5) is 28.3. The van der Waals surface area contributed by atoms with Crippen LogP contribution >= 0.6 is 11.8 Å². The molecule has 1 atom stereocenters. The average molecular weight is 255 g/mol. The second-order valence-corrected chi connectivity index (χ2v) is 5.31. The lowest BCUT2D eigenvalue weighted by Gasteiger charge is -2.13. The predicted octanol–water partition coefficient (Wildman–Crippen LogP) is -0.218. The van der Waals surface area contributed by atoms with Gasteiger partial charge in [-0.1, -0.05) is 11.8 Å². The van der Waals surface area contributed by atoms with E-state index >= 15 is 0 Å². The van der Waals surface area contributed by atoms with Crippen molar-refractivity contribution in [2.24, 2.45) is 7.05 Å². The molecule has 8 heteroatoms. The second kappa shape index (κ2) is 4.36. The molecular formula is C9H13N5O2S. The zero-order valence-corrected chi connectivity index (χ0v) is 10.4. The maximum Gasteiger partial charge on any atom is 0.241 e. The first-order valence-electron chi connectivity index (χ1n) is 5.11. The van der Waals surface area contributed by atoms with E-state index < -0.39 is 0 Å². The molecule has 0 spiro atoms. The molecule has 7 nitrogen and oxygen atoms in total. The van der Waals surface area contributed by atoms with Gasteiger partial charge >= 0.3 is 0 Å². The Hall–Kier alpha value is -1.57. The van der Waals surface area contributed by atoms with Crippen LogP contribution in [0.3, 0.4) is 0 Å². The number of rotatable bonds is 2. The van der Waals surface area contributed by atoms with E-state index in [0.29, 0.717) is 18.9 Å². The van der Waals surface area contributed by atoms with Crippen molar-refractivity contribution in [2.75, 3.05) is 17.2 Å². The highest BCUT2D eigenvalue weighted by Crippen LogP contribution is 2.27. The molecule has 1 saturated heterocycles. The Bertz CT molecular complexity index is 472. The molecule has 92 valence electrons. The van der Waals surface area contributed by atoms with Gasteiger partial charge in [-0.05, 0) is 0 Å². The second-order valence-electron chi connectivity index (χ2n) is 3.83. The van der Waals surface area contributed by atoms with E-state index in [1.165, 1.54) is 28.3 Å². The summed E-state index contributed by atoms with van der Waals surface area (Å²) in [5.74, 6) is 0.511. The van der Waals surface area contributed by atoms with Crippen molar-refractivity contribution in [1.29, 1.82) is 0 Å². The third kappa shape index (κ3) is 2.41. The van der Waals surface area contributed by atoms with E-state index in [1.54, 1.807) is 7.05 Å². The Labute approximate surface area is 102 Å². The molecular weight excluding hydrogens is 242 g/mol. The molecule has 1 fully saturated rings. The molecule has 1 unspecified atom stereocenters. The molecule has 0 aliphatic carbocycles. The number of hydrogen-bond acceptors (Lipinski definition) is 6. The molecule has 0 saturated carbocycles. The normalized spacial score (nSPS) is 20.0. The Morgan fingerprint density at radius 1 is 1.59 bits per heavy atom. The lowest BCUT2D eigenvalue weighted by molar-refractivity contribution is -0.117. The monoisotopic (exact) mass is 255 g/mol. The zero-order valence-electron chi connectivity index (χ0n) is 9.58. The van der Waals surface area contributed by atoms with Gasteiger partial charge in [0.05, 0.1) is 0 Å². The van der Waals surface area contributed by atoms with Gasteiger partial charge in [-0.2, -0.15) is 4.98 Å². The zero-order chi connectivity index (χ0) is 12.6. The fourth-order valence-corrected chi connectivity index (χ4v) is 2.73. The van der Waals surface area contributed by atoms with Crippen molar-refractivity contribution in [3.8, 4) is 0 Å². The quantitative estimate of drug-likeness (QED) is 0.785. The van der Waals surface area contributed by atoms with Gasteiger partial charge in [-0.15, -0.1) is 5.10 Å². The Balaban J connectivity index is 2.15. The van der Waals surface area contributed by atoms with Crippen molar-refractivity contribution < 1.29 is 9.59 Å². The number of nitrogens with two attached hydrogens (primary N) is 1. The van der Waals surface area contributed by atoms with Gasteiger partial charge < -0.3 is 5.73 Å². The molecule has 2 N–H and O–H groups in total. The van der Waals surface area contributed by atoms with E-state index in [4.69, 9.17) is 5.73 Å². The first kappa shape index (κ1) is 11.9. The third-order valence-electron chi connectivity index (χ3n) is 2.42. The molecule has 17 heavy (non-hydrogen) atoms. The number of carbonyl (C=O) groups excluding carboxylic acids is 2. The first-order valence-corrected chi connectivity index (χ1v) is 5.99. The van der Waals surface area contributed by atoms with Crippen LogP contribution in [-0.4, -0.2) is 37.6 Å². The number of carbonyl (C=O) groups is 2. The summed E-state index contributed by atoms with van der Waals surface area (Å²) in [6.45, 7) is 1.97. The highest BCUT2D eigenvalue weighted by Gasteiger charge is 2.34. The molecule has 1 amide bonds. The number of thioether (sulfide) groups is 1. The van der Waals surface area contributed by atoms with E-state index in [1.807, 2.05) is 0 Å². The Morgan fingerprint density at radius 3 is 2.82 bits per heavy atom. The number of aromatic nitrogens is 3. The molecule has 0 bridgehead atoms. The van der Waals surface area contributed by atoms with Crippen LogP contribution in [0, 0.1) is 0 Å². The van der Waals surface area contributed by atoms with Crippen LogP contribution in [0.25, 0.3) is 0 Å². The van der Waals surface area contributed by atoms with Crippen LogP contribution in [-0.2, 0) is 16.6 Å². The van der Waals surface area contributed by atoms with Gasteiger partial charge in [0.15, 0.2) is 5.12 Å². The van der Waals surface area contributed by atoms with Crippen molar-refractivity contribution >= 4 is 34.7 Å². The van der Waals surface area contributed by atoms with Crippen LogP contribution in [0.15, 0.2) is 0 Å². The van der Waals surface area contributed by atoms with Crippen molar-refractivity contribution in [2.45, 2.75) is 18.6 Å². The van der Waals surface area contributed by atoms with Gasteiger partial charge in [0.25, 0.3) is 0 Å². The van der Waals surface area contributed by atoms with Crippen molar-refractivity contribution in [1.82, 2.24) is 14.8 Å². The summed E-state index contributed by atoms with van der Waals surface area (Å²) in [5.41, 5.74) is 5.47. The number of amides is 1. The van der Waals surface area contributed by atoms with Crippen LogP contribution < -0.4 is 10.6 Å². The minimum absolute atomic E-state index is 0.0158.